The Kier molecular flexibility index (Phi) is 8.83. The lowest BCUT2D eigenvalue weighted by Crippen LogP contribution is -2.45. The fourth-order valence-corrected chi connectivity index (χ4v) is 5.14. The highest BCUT2D eigenvalue weighted by atomic mass is 16.5. The number of piperidine rings is 1. The minimum Gasteiger partial charge on any atom is -0.493 e. The summed E-state index contributed by atoms with van der Waals surface area (Å²) in [4.78, 5) is 14.9. The van der Waals surface area contributed by atoms with Crippen LogP contribution in [0, 0.1) is 0 Å². The maximum atomic E-state index is 12.3. The Labute approximate surface area is 209 Å². The van der Waals surface area contributed by atoms with Crippen molar-refractivity contribution in [2.45, 2.75) is 50.2 Å². The number of hydrogen-bond acceptors (Lipinski definition) is 5. The van der Waals surface area contributed by atoms with Gasteiger partial charge in [0.25, 0.3) is 0 Å². The number of ether oxygens (including phenoxy) is 3. The summed E-state index contributed by atoms with van der Waals surface area (Å²) in [6, 6.07) is 16.3. The van der Waals surface area contributed by atoms with Gasteiger partial charge in [-0.2, -0.15) is 0 Å². The first kappa shape index (κ1) is 25.3. The SMILES string of the molecule is COc1ccc(/C=C/C(=O)NCC2CCC3(CCN(CCCc4ccccc4)CC3)O2)cc1OC. The normalized spacial score (nSPS) is 19.8. The van der Waals surface area contributed by atoms with Crippen molar-refractivity contribution in [1.82, 2.24) is 10.2 Å². The maximum absolute atomic E-state index is 12.3. The van der Waals surface area contributed by atoms with E-state index in [9.17, 15) is 4.79 Å². The zero-order valence-electron chi connectivity index (χ0n) is 21.0. The quantitative estimate of drug-likeness (QED) is 0.510. The molecule has 1 atom stereocenters. The van der Waals surface area contributed by atoms with Gasteiger partial charge in [0.15, 0.2) is 11.5 Å². The Bertz CT molecular complexity index is 983. The lowest BCUT2D eigenvalue weighted by molar-refractivity contribution is -0.118. The number of carbonyl (C=O) groups excluding carboxylic acids is 1. The molecule has 1 amide bonds. The number of likely N-dealkylation sites (tertiary alicyclic amines) is 1. The first-order valence-electron chi connectivity index (χ1n) is 12.7. The summed E-state index contributed by atoms with van der Waals surface area (Å²) in [7, 11) is 3.20. The van der Waals surface area contributed by atoms with Crippen molar-refractivity contribution in [3.63, 3.8) is 0 Å². The third kappa shape index (κ3) is 7.09. The van der Waals surface area contributed by atoms with Gasteiger partial charge in [-0.15, -0.1) is 0 Å². The number of methoxy groups -OCH3 is 2. The number of amides is 1. The number of nitrogens with one attached hydrogen (secondary N) is 1. The van der Waals surface area contributed by atoms with Crippen molar-refractivity contribution in [2.75, 3.05) is 40.4 Å². The number of rotatable bonds is 10. The summed E-state index contributed by atoms with van der Waals surface area (Å²) in [5.41, 5.74) is 2.30. The molecule has 2 aliphatic heterocycles. The Morgan fingerprint density at radius 3 is 2.60 bits per heavy atom. The van der Waals surface area contributed by atoms with Crippen molar-refractivity contribution < 1.29 is 19.0 Å². The molecule has 2 heterocycles. The smallest absolute Gasteiger partial charge is 0.244 e. The van der Waals surface area contributed by atoms with Crippen molar-refractivity contribution in [2.24, 2.45) is 0 Å². The highest BCUT2D eigenvalue weighted by molar-refractivity contribution is 5.91. The van der Waals surface area contributed by atoms with Crippen molar-refractivity contribution in [3.05, 3.63) is 65.7 Å². The first-order valence-corrected chi connectivity index (χ1v) is 12.7. The second-order valence-corrected chi connectivity index (χ2v) is 9.59. The molecule has 0 aromatic heterocycles. The van der Waals surface area contributed by atoms with Gasteiger partial charge in [-0.05, 0) is 74.4 Å². The van der Waals surface area contributed by atoms with Gasteiger partial charge < -0.3 is 24.4 Å². The first-order chi connectivity index (χ1) is 17.1. The van der Waals surface area contributed by atoms with Crippen LogP contribution in [0.3, 0.4) is 0 Å². The zero-order valence-corrected chi connectivity index (χ0v) is 21.0. The van der Waals surface area contributed by atoms with Crippen LogP contribution in [-0.2, 0) is 16.0 Å². The Morgan fingerprint density at radius 1 is 1.09 bits per heavy atom. The van der Waals surface area contributed by atoms with E-state index < -0.39 is 0 Å². The predicted octanol–water partition coefficient (Wildman–Crippen LogP) is 4.48. The van der Waals surface area contributed by atoms with Gasteiger partial charge in [0.05, 0.1) is 25.9 Å². The largest absolute Gasteiger partial charge is 0.493 e. The minimum absolute atomic E-state index is 0.000805. The van der Waals surface area contributed by atoms with Gasteiger partial charge in [-0.3, -0.25) is 4.79 Å². The molecule has 0 bridgehead atoms. The fourth-order valence-electron chi connectivity index (χ4n) is 5.14. The second-order valence-electron chi connectivity index (χ2n) is 9.59. The zero-order chi connectivity index (χ0) is 24.5. The molecule has 35 heavy (non-hydrogen) atoms. The summed E-state index contributed by atoms with van der Waals surface area (Å²) in [5.74, 6) is 1.19. The van der Waals surface area contributed by atoms with E-state index in [0.717, 1.165) is 57.3 Å². The lowest BCUT2D eigenvalue weighted by atomic mass is 9.88. The van der Waals surface area contributed by atoms with Crippen molar-refractivity contribution in [3.8, 4) is 11.5 Å². The minimum atomic E-state index is -0.113. The molecule has 1 spiro atoms. The summed E-state index contributed by atoms with van der Waals surface area (Å²) >= 11 is 0. The molecule has 6 nitrogen and oxygen atoms in total. The van der Waals surface area contributed by atoms with Crippen LogP contribution in [0.15, 0.2) is 54.6 Å². The van der Waals surface area contributed by atoms with Crippen LogP contribution in [0.1, 0.15) is 43.2 Å². The predicted molar refractivity (Wildman–Crippen MR) is 139 cm³/mol. The molecule has 188 valence electrons. The van der Waals surface area contributed by atoms with Crippen LogP contribution in [0.25, 0.3) is 6.08 Å². The van der Waals surface area contributed by atoms with Gasteiger partial charge in [0.1, 0.15) is 0 Å². The van der Waals surface area contributed by atoms with Gasteiger partial charge in [-0.1, -0.05) is 36.4 Å². The van der Waals surface area contributed by atoms with Gasteiger partial charge in [0.2, 0.25) is 5.91 Å². The molecular formula is C29H38N2O4. The second kappa shape index (κ2) is 12.2. The molecule has 1 unspecified atom stereocenters. The van der Waals surface area contributed by atoms with E-state index in [1.807, 2.05) is 18.2 Å². The third-order valence-electron chi connectivity index (χ3n) is 7.23. The van der Waals surface area contributed by atoms with Crippen LogP contribution in [-0.4, -0.2) is 62.9 Å². The highest BCUT2D eigenvalue weighted by Gasteiger charge is 2.42. The van der Waals surface area contributed by atoms with Crippen LogP contribution in [0.4, 0.5) is 0 Å². The number of hydrogen-bond donors (Lipinski definition) is 1. The third-order valence-corrected chi connectivity index (χ3v) is 7.23. The van der Waals surface area contributed by atoms with Crippen LogP contribution >= 0.6 is 0 Å². The molecule has 2 aromatic rings. The Morgan fingerprint density at radius 2 is 1.86 bits per heavy atom. The van der Waals surface area contributed by atoms with E-state index >= 15 is 0 Å². The van der Waals surface area contributed by atoms with E-state index in [2.05, 4.69) is 40.5 Å². The molecule has 0 aliphatic carbocycles. The van der Waals surface area contributed by atoms with Crippen molar-refractivity contribution in [1.29, 1.82) is 0 Å². The Balaban J connectivity index is 1.16. The van der Waals surface area contributed by atoms with Crippen LogP contribution < -0.4 is 14.8 Å². The highest BCUT2D eigenvalue weighted by Crippen LogP contribution is 2.38. The molecule has 2 saturated heterocycles. The summed E-state index contributed by atoms with van der Waals surface area (Å²) in [5, 5.41) is 3.00. The molecule has 1 N–H and O–H groups in total. The number of aryl methyl sites for hydroxylation is 1. The summed E-state index contributed by atoms with van der Waals surface area (Å²) in [6.07, 6.45) is 10.0. The van der Waals surface area contributed by atoms with E-state index in [1.54, 1.807) is 26.4 Å². The van der Waals surface area contributed by atoms with E-state index in [-0.39, 0.29) is 17.6 Å². The molecule has 6 heteroatoms. The molecular weight excluding hydrogens is 440 g/mol. The molecule has 0 radical (unpaired) electrons. The van der Waals surface area contributed by atoms with Gasteiger partial charge in [-0.25, -0.2) is 0 Å². The molecule has 2 fully saturated rings. The van der Waals surface area contributed by atoms with Gasteiger partial charge >= 0.3 is 0 Å². The molecule has 0 saturated carbocycles. The lowest BCUT2D eigenvalue weighted by Gasteiger charge is -2.39. The number of carbonyl (C=O) groups is 1. The maximum Gasteiger partial charge on any atom is 0.244 e. The monoisotopic (exact) mass is 478 g/mol. The summed E-state index contributed by atoms with van der Waals surface area (Å²) in [6.45, 7) is 3.90. The topological polar surface area (TPSA) is 60.0 Å². The molecule has 2 aliphatic rings. The van der Waals surface area contributed by atoms with E-state index in [0.29, 0.717) is 18.0 Å². The average Bonchev–Trinajstić information content (AvgIpc) is 3.30. The standard InChI is InChI=1S/C29H38N2O4/c1-33-26-12-10-24(21-27(26)34-2)11-13-28(32)30-22-25-14-15-29(35-25)16-19-31(20-17-29)18-6-9-23-7-4-3-5-8-23/h3-5,7-8,10-13,21,25H,6,9,14-20,22H2,1-2H3,(H,30,32)/b13-11+. The van der Waals surface area contributed by atoms with Crippen LogP contribution in [0.2, 0.25) is 0 Å². The van der Waals surface area contributed by atoms with E-state index in [1.165, 1.54) is 12.0 Å². The average molecular weight is 479 g/mol. The van der Waals surface area contributed by atoms with Gasteiger partial charge in [0, 0.05) is 25.7 Å². The molecule has 4 rings (SSSR count). The Hall–Kier alpha value is -2.83. The van der Waals surface area contributed by atoms with Crippen LogP contribution in [0.5, 0.6) is 11.5 Å². The summed E-state index contributed by atoms with van der Waals surface area (Å²) < 4.78 is 17.1. The van der Waals surface area contributed by atoms with Crippen molar-refractivity contribution >= 4 is 12.0 Å². The number of nitrogens with zero attached hydrogens (tertiary/aromatic N) is 1. The molecule has 2 aromatic carbocycles. The number of benzene rings is 2. The fraction of sp³-hybridized carbons (Fsp3) is 0.483. The van der Waals surface area contributed by atoms with E-state index in [4.69, 9.17) is 14.2 Å².